The van der Waals surface area contributed by atoms with Crippen LogP contribution in [-0.2, 0) is 0 Å². The van der Waals surface area contributed by atoms with Crippen molar-refractivity contribution in [2.75, 3.05) is 11.9 Å². The summed E-state index contributed by atoms with van der Waals surface area (Å²) in [5.74, 6) is 0.0936. The zero-order valence-electron chi connectivity index (χ0n) is 8.10. The first-order valence-corrected chi connectivity index (χ1v) is 5.32. The van der Waals surface area contributed by atoms with E-state index in [2.05, 4.69) is 28.2 Å². The fourth-order valence-electron chi connectivity index (χ4n) is 1.16. The molecular weight excluding hydrogens is 242 g/mol. The number of hydrogen-bond acceptors (Lipinski definition) is 2. The van der Waals surface area contributed by atoms with Crippen LogP contribution in [0.2, 0.25) is 0 Å². The van der Waals surface area contributed by atoms with Gasteiger partial charge in [-0.05, 0) is 24.6 Å². The van der Waals surface area contributed by atoms with Gasteiger partial charge in [-0.2, -0.15) is 0 Å². The van der Waals surface area contributed by atoms with Crippen molar-refractivity contribution in [2.45, 2.75) is 13.3 Å². The molecule has 0 saturated carbocycles. The summed E-state index contributed by atoms with van der Waals surface area (Å²) in [5.41, 5.74) is 7.13. The number of hydrogen-bond donors (Lipinski definition) is 3. The first-order chi connectivity index (χ1) is 6.65. The van der Waals surface area contributed by atoms with Crippen LogP contribution in [0.25, 0.3) is 0 Å². The standard InChI is InChI=1S/C10H14BrN3/c1-2-5-14-9-6-7(11)3-4-8(9)10(12)13/h3-4,6,14H,2,5H2,1H3,(H3,12,13). The summed E-state index contributed by atoms with van der Waals surface area (Å²) in [5, 5.41) is 10.6. The number of amidine groups is 1. The van der Waals surface area contributed by atoms with E-state index in [1.165, 1.54) is 0 Å². The molecule has 0 atom stereocenters. The number of benzene rings is 1. The largest absolute Gasteiger partial charge is 0.384 e. The molecule has 3 nitrogen and oxygen atoms in total. The maximum absolute atomic E-state index is 7.40. The molecule has 76 valence electrons. The Morgan fingerprint density at radius 1 is 1.57 bits per heavy atom. The summed E-state index contributed by atoms with van der Waals surface area (Å²) in [4.78, 5) is 0. The topological polar surface area (TPSA) is 61.9 Å². The van der Waals surface area contributed by atoms with Gasteiger partial charge in [-0.25, -0.2) is 0 Å². The van der Waals surface area contributed by atoms with Crippen molar-refractivity contribution in [2.24, 2.45) is 5.73 Å². The second-order valence-electron chi connectivity index (χ2n) is 3.03. The van der Waals surface area contributed by atoms with Crippen molar-refractivity contribution in [1.82, 2.24) is 0 Å². The van der Waals surface area contributed by atoms with Crippen molar-refractivity contribution < 1.29 is 0 Å². The third kappa shape index (κ3) is 2.73. The molecule has 0 amide bonds. The van der Waals surface area contributed by atoms with Gasteiger partial charge in [0.15, 0.2) is 0 Å². The molecule has 0 heterocycles. The average Bonchev–Trinajstić information content (AvgIpc) is 2.14. The molecule has 4 heteroatoms. The lowest BCUT2D eigenvalue weighted by Crippen LogP contribution is -2.14. The van der Waals surface area contributed by atoms with Crippen molar-refractivity contribution in [3.05, 3.63) is 28.2 Å². The average molecular weight is 256 g/mol. The van der Waals surface area contributed by atoms with E-state index in [9.17, 15) is 0 Å². The maximum Gasteiger partial charge on any atom is 0.124 e. The predicted molar refractivity (Wildman–Crippen MR) is 63.9 cm³/mol. The lowest BCUT2D eigenvalue weighted by Gasteiger charge is -2.10. The molecule has 0 aliphatic heterocycles. The van der Waals surface area contributed by atoms with E-state index in [0.717, 1.165) is 28.7 Å². The monoisotopic (exact) mass is 255 g/mol. The Kier molecular flexibility index (Phi) is 3.95. The van der Waals surface area contributed by atoms with E-state index >= 15 is 0 Å². The summed E-state index contributed by atoms with van der Waals surface area (Å²) >= 11 is 3.39. The van der Waals surface area contributed by atoms with Gasteiger partial charge in [-0.15, -0.1) is 0 Å². The minimum atomic E-state index is 0.0936. The van der Waals surface area contributed by atoms with Gasteiger partial charge in [0.05, 0.1) is 0 Å². The minimum absolute atomic E-state index is 0.0936. The van der Waals surface area contributed by atoms with E-state index < -0.39 is 0 Å². The summed E-state index contributed by atoms with van der Waals surface area (Å²) in [6, 6.07) is 5.66. The molecule has 1 aromatic carbocycles. The second kappa shape index (κ2) is 5.00. The molecular formula is C10H14BrN3. The van der Waals surface area contributed by atoms with Crippen LogP contribution in [0.5, 0.6) is 0 Å². The number of anilines is 1. The van der Waals surface area contributed by atoms with Gasteiger partial charge in [-0.3, -0.25) is 5.41 Å². The Morgan fingerprint density at radius 3 is 2.86 bits per heavy atom. The summed E-state index contributed by atoms with van der Waals surface area (Å²) < 4.78 is 0.987. The highest BCUT2D eigenvalue weighted by Gasteiger charge is 2.04. The second-order valence-corrected chi connectivity index (χ2v) is 3.95. The number of nitrogen functional groups attached to an aromatic ring is 1. The van der Waals surface area contributed by atoms with E-state index in [0.29, 0.717) is 0 Å². The fraction of sp³-hybridized carbons (Fsp3) is 0.300. The number of nitrogens with two attached hydrogens (primary N) is 1. The van der Waals surface area contributed by atoms with Crippen LogP contribution in [0.4, 0.5) is 5.69 Å². The first-order valence-electron chi connectivity index (χ1n) is 4.53. The molecule has 1 aromatic rings. The number of rotatable bonds is 4. The molecule has 14 heavy (non-hydrogen) atoms. The molecule has 0 aliphatic rings. The predicted octanol–water partition coefficient (Wildman–Crippen LogP) is 2.56. The molecule has 0 fully saturated rings. The highest BCUT2D eigenvalue weighted by Crippen LogP contribution is 2.20. The summed E-state index contributed by atoms with van der Waals surface area (Å²) in [6.45, 7) is 2.98. The Labute approximate surface area is 92.3 Å². The Balaban J connectivity index is 2.97. The van der Waals surface area contributed by atoms with Gasteiger partial charge in [0.2, 0.25) is 0 Å². The van der Waals surface area contributed by atoms with Crippen LogP contribution in [0.1, 0.15) is 18.9 Å². The van der Waals surface area contributed by atoms with Crippen molar-refractivity contribution in [3.63, 3.8) is 0 Å². The highest BCUT2D eigenvalue weighted by atomic mass is 79.9. The number of nitrogens with one attached hydrogen (secondary N) is 2. The van der Waals surface area contributed by atoms with Crippen LogP contribution in [-0.4, -0.2) is 12.4 Å². The smallest absolute Gasteiger partial charge is 0.124 e. The summed E-state index contributed by atoms with van der Waals surface area (Å²) in [7, 11) is 0. The Hall–Kier alpha value is -1.03. The fourth-order valence-corrected chi connectivity index (χ4v) is 1.52. The molecule has 4 N–H and O–H groups in total. The van der Waals surface area contributed by atoms with Gasteiger partial charge in [0, 0.05) is 22.3 Å². The van der Waals surface area contributed by atoms with Crippen molar-refractivity contribution in [3.8, 4) is 0 Å². The molecule has 0 radical (unpaired) electrons. The van der Waals surface area contributed by atoms with Crippen LogP contribution in [0.15, 0.2) is 22.7 Å². The van der Waals surface area contributed by atoms with Crippen LogP contribution in [0.3, 0.4) is 0 Å². The quantitative estimate of drug-likeness (QED) is 0.572. The van der Waals surface area contributed by atoms with Gasteiger partial charge < -0.3 is 11.1 Å². The SMILES string of the molecule is CCCNc1cc(Br)ccc1C(=N)N. The van der Waals surface area contributed by atoms with Gasteiger partial charge in [0.25, 0.3) is 0 Å². The normalized spacial score (nSPS) is 9.86. The molecule has 0 aromatic heterocycles. The Morgan fingerprint density at radius 2 is 2.29 bits per heavy atom. The maximum atomic E-state index is 7.40. The highest BCUT2D eigenvalue weighted by molar-refractivity contribution is 9.10. The van der Waals surface area contributed by atoms with E-state index in [1.54, 1.807) is 0 Å². The van der Waals surface area contributed by atoms with Gasteiger partial charge in [0.1, 0.15) is 5.84 Å². The molecule has 0 spiro atoms. The van der Waals surface area contributed by atoms with Crippen LogP contribution < -0.4 is 11.1 Å². The minimum Gasteiger partial charge on any atom is -0.384 e. The molecule has 0 unspecified atom stereocenters. The summed E-state index contributed by atoms with van der Waals surface area (Å²) in [6.07, 6.45) is 1.05. The van der Waals surface area contributed by atoms with Crippen molar-refractivity contribution >= 4 is 27.5 Å². The third-order valence-corrected chi connectivity index (χ3v) is 2.33. The Bertz CT molecular complexity index is 336. The lowest BCUT2D eigenvalue weighted by atomic mass is 10.1. The van der Waals surface area contributed by atoms with Crippen LogP contribution in [0, 0.1) is 5.41 Å². The zero-order chi connectivity index (χ0) is 10.6. The lowest BCUT2D eigenvalue weighted by molar-refractivity contribution is 0.979. The number of halogens is 1. The van der Waals surface area contributed by atoms with Gasteiger partial charge >= 0.3 is 0 Å². The molecule has 0 saturated heterocycles. The first kappa shape index (κ1) is 11.0. The molecule has 1 rings (SSSR count). The molecule has 0 aliphatic carbocycles. The zero-order valence-corrected chi connectivity index (χ0v) is 9.69. The third-order valence-electron chi connectivity index (χ3n) is 1.84. The van der Waals surface area contributed by atoms with E-state index in [-0.39, 0.29) is 5.84 Å². The van der Waals surface area contributed by atoms with E-state index in [4.69, 9.17) is 11.1 Å². The van der Waals surface area contributed by atoms with Gasteiger partial charge in [-0.1, -0.05) is 22.9 Å². The van der Waals surface area contributed by atoms with Crippen molar-refractivity contribution in [1.29, 1.82) is 5.41 Å². The van der Waals surface area contributed by atoms with Crippen LogP contribution >= 0.6 is 15.9 Å². The van der Waals surface area contributed by atoms with E-state index in [1.807, 2.05) is 18.2 Å². The molecule has 0 bridgehead atoms.